The van der Waals surface area contributed by atoms with Crippen LogP contribution in [0.5, 0.6) is 0 Å². The average Bonchev–Trinajstić information content (AvgIpc) is 2.80. The van der Waals surface area contributed by atoms with Gasteiger partial charge in [0, 0.05) is 44.2 Å². The topological polar surface area (TPSA) is 24.5 Å². The van der Waals surface area contributed by atoms with E-state index < -0.39 is 0 Å². The van der Waals surface area contributed by atoms with Gasteiger partial charge in [0.05, 0.1) is 6.61 Å². The van der Waals surface area contributed by atoms with E-state index in [1.807, 2.05) is 11.3 Å². The third kappa shape index (κ3) is 3.28. The molecule has 4 heteroatoms. The Morgan fingerprint density at radius 3 is 3.24 bits per heavy atom. The Morgan fingerprint density at radius 1 is 1.53 bits per heavy atom. The number of hydrogen-bond donors (Lipinski definition) is 1. The van der Waals surface area contributed by atoms with E-state index in [0.29, 0.717) is 6.04 Å². The van der Waals surface area contributed by atoms with E-state index in [2.05, 4.69) is 28.6 Å². The van der Waals surface area contributed by atoms with Gasteiger partial charge in [0.1, 0.15) is 0 Å². The van der Waals surface area contributed by atoms with Crippen molar-refractivity contribution in [3.63, 3.8) is 0 Å². The first-order valence-electron chi connectivity index (χ1n) is 6.33. The standard InChI is InChI=1S/C13H22N2OS/c1-11-12-4-10-17-13(12)3-7-15(11)8-5-14-6-9-16-2/h4,10-11,14H,3,5-9H2,1-2H3. The van der Waals surface area contributed by atoms with Gasteiger partial charge in [0.25, 0.3) is 0 Å². The van der Waals surface area contributed by atoms with E-state index in [4.69, 9.17) is 4.74 Å². The monoisotopic (exact) mass is 254 g/mol. The minimum Gasteiger partial charge on any atom is -0.383 e. The van der Waals surface area contributed by atoms with E-state index in [0.717, 1.165) is 26.2 Å². The Balaban J connectivity index is 1.76. The quantitative estimate of drug-likeness (QED) is 0.785. The molecule has 2 heterocycles. The molecule has 96 valence electrons. The molecule has 2 rings (SSSR count). The maximum atomic E-state index is 5.02. The summed E-state index contributed by atoms with van der Waals surface area (Å²) in [5, 5.41) is 5.63. The molecule has 1 aliphatic rings. The molecule has 0 bridgehead atoms. The van der Waals surface area contributed by atoms with Crippen LogP contribution in [0.25, 0.3) is 0 Å². The molecule has 1 aliphatic heterocycles. The van der Waals surface area contributed by atoms with Gasteiger partial charge >= 0.3 is 0 Å². The molecule has 0 saturated heterocycles. The van der Waals surface area contributed by atoms with E-state index in [9.17, 15) is 0 Å². The second-order valence-electron chi connectivity index (χ2n) is 4.50. The van der Waals surface area contributed by atoms with Crippen LogP contribution in [0.1, 0.15) is 23.4 Å². The smallest absolute Gasteiger partial charge is 0.0587 e. The number of hydrogen-bond acceptors (Lipinski definition) is 4. The Hall–Kier alpha value is -0.420. The van der Waals surface area contributed by atoms with Gasteiger partial charge in [-0.25, -0.2) is 0 Å². The predicted molar refractivity (Wildman–Crippen MR) is 72.8 cm³/mol. The summed E-state index contributed by atoms with van der Waals surface area (Å²) in [4.78, 5) is 4.15. The van der Waals surface area contributed by atoms with Crippen molar-refractivity contribution in [3.05, 3.63) is 21.9 Å². The summed E-state index contributed by atoms with van der Waals surface area (Å²) in [5.41, 5.74) is 1.54. The van der Waals surface area contributed by atoms with Crippen LogP contribution in [-0.4, -0.2) is 44.8 Å². The van der Waals surface area contributed by atoms with E-state index in [1.165, 1.54) is 18.5 Å². The van der Waals surface area contributed by atoms with Gasteiger partial charge in [-0.05, 0) is 30.4 Å². The number of nitrogens with zero attached hydrogens (tertiary/aromatic N) is 1. The van der Waals surface area contributed by atoms with Crippen molar-refractivity contribution in [1.29, 1.82) is 0 Å². The minimum absolute atomic E-state index is 0.578. The van der Waals surface area contributed by atoms with Crippen molar-refractivity contribution in [2.75, 3.05) is 39.9 Å². The number of nitrogens with one attached hydrogen (secondary N) is 1. The van der Waals surface area contributed by atoms with Gasteiger partial charge in [0.2, 0.25) is 0 Å². The number of ether oxygens (including phenoxy) is 1. The highest BCUT2D eigenvalue weighted by molar-refractivity contribution is 7.10. The molecule has 0 radical (unpaired) electrons. The second kappa shape index (κ2) is 6.50. The Kier molecular flexibility index (Phi) is 4.98. The number of rotatable bonds is 6. The number of methoxy groups -OCH3 is 1. The zero-order valence-electron chi connectivity index (χ0n) is 10.7. The van der Waals surface area contributed by atoms with Crippen molar-refractivity contribution in [2.24, 2.45) is 0 Å². The lowest BCUT2D eigenvalue weighted by Gasteiger charge is -2.33. The van der Waals surface area contributed by atoms with Crippen LogP contribution >= 0.6 is 11.3 Å². The largest absolute Gasteiger partial charge is 0.383 e. The maximum absolute atomic E-state index is 5.02. The van der Waals surface area contributed by atoms with Crippen molar-refractivity contribution in [1.82, 2.24) is 10.2 Å². The molecule has 0 spiro atoms. The minimum atomic E-state index is 0.578. The van der Waals surface area contributed by atoms with E-state index in [1.54, 1.807) is 12.0 Å². The van der Waals surface area contributed by atoms with Gasteiger partial charge in [-0.3, -0.25) is 4.90 Å². The van der Waals surface area contributed by atoms with Crippen LogP contribution in [-0.2, 0) is 11.2 Å². The summed E-state index contributed by atoms with van der Waals surface area (Å²) in [6.07, 6.45) is 1.22. The zero-order valence-corrected chi connectivity index (χ0v) is 11.6. The van der Waals surface area contributed by atoms with Gasteiger partial charge in [0.15, 0.2) is 0 Å². The number of fused-ring (bicyclic) bond motifs is 1. The van der Waals surface area contributed by atoms with Crippen LogP contribution in [0.4, 0.5) is 0 Å². The predicted octanol–water partition coefficient (Wildman–Crippen LogP) is 1.90. The SMILES string of the molecule is COCCNCCN1CCc2sccc2C1C. The molecule has 1 aromatic heterocycles. The first-order valence-corrected chi connectivity index (χ1v) is 7.21. The lowest BCUT2D eigenvalue weighted by atomic mass is 10.0. The third-order valence-corrected chi connectivity index (χ3v) is 4.46. The normalized spacial score (nSPS) is 20.5. The van der Waals surface area contributed by atoms with Gasteiger partial charge in [-0.1, -0.05) is 0 Å². The van der Waals surface area contributed by atoms with Crippen molar-refractivity contribution >= 4 is 11.3 Å². The molecule has 17 heavy (non-hydrogen) atoms. The molecule has 1 atom stereocenters. The zero-order chi connectivity index (χ0) is 12.1. The van der Waals surface area contributed by atoms with E-state index in [-0.39, 0.29) is 0 Å². The molecule has 0 aromatic carbocycles. The lowest BCUT2D eigenvalue weighted by Crippen LogP contribution is -2.38. The van der Waals surface area contributed by atoms with Crippen LogP contribution in [0.15, 0.2) is 11.4 Å². The highest BCUT2D eigenvalue weighted by Gasteiger charge is 2.23. The maximum Gasteiger partial charge on any atom is 0.0587 e. The van der Waals surface area contributed by atoms with Gasteiger partial charge < -0.3 is 10.1 Å². The molecule has 0 aliphatic carbocycles. The molecular formula is C13H22N2OS. The highest BCUT2D eigenvalue weighted by atomic mass is 32.1. The summed E-state index contributed by atoms with van der Waals surface area (Å²) in [5.74, 6) is 0. The Morgan fingerprint density at radius 2 is 2.41 bits per heavy atom. The van der Waals surface area contributed by atoms with Crippen LogP contribution in [0, 0.1) is 0 Å². The molecule has 0 fully saturated rings. The molecule has 3 nitrogen and oxygen atoms in total. The fraction of sp³-hybridized carbons (Fsp3) is 0.692. The second-order valence-corrected chi connectivity index (χ2v) is 5.50. The molecule has 0 saturated carbocycles. The molecule has 1 N–H and O–H groups in total. The average molecular weight is 254 g/mol. The summed E-state index contributed by atoms with van der Waals surface area (Å²) >= 11 is 1.91. The third-order valence-electron chi connectivity index (χ3n) is 3.46. The van der Waals surface area contributed by atoms with Crippen molar-refractivity contribution in [2.45, 2.75) is 19.4 Å². The molecule has 0 amide bonds. The van der Waals surface area contributed by atoms with Crippen molar-refractivity contribution in [3.8, 4) is 0 Å². The summed E-state index contributed by atoms with van der Waals surface area (Å²) in [7, 11) is 1.74. The number of thiophene rings is 1. The van der Waals surface area contributed by atoms with E-state index >= 15 is 0 Å². The highest BCUT2D eigenvalue weighted by Crippen LogP contribution is 2.32. The van der Waals surface area contributed by atoms with Crippen LogP contribution < -0.4 is 5.32 Å². The summed E-state index contributed by atoms with van der Waals surface area (Å²) in [6, 6.07) is 2.86. The van der Waals surface area contributed by atoms with Crippen LogP contribution in [0.3, 0.4) is 0 Å². The van der Waals surface area contributed by atoms with Crippen LogP contribution in [0.2, 0.25) is 0 Å². The fourth-order valence-electron chi connectivity index (χ4n) is 2.39. The summed E-state index contributed by atoms with van der Waals surface area (Å²) in [6.45, 7) is 7.43. The first-order chi connectivity index (χ1) is 8.33. The van der Waals surface area contributed by atoms with Crippen molar-refractivity contribution < 1.29 is 4.74 Å². The van der Waals surface area contributed by atoms with Gasteiger partial charge in [-0.2, -0.15) is 0 Å². The molecular weight excluding hydrogens is 232 g/mol. The first kappa shape index (κ1) is 13.0. The molecule has 1 unspecified atom stereocenters. The summed E-state index contributed by atoms with van der Waals surface area (Å²) < 4.78 is 5.02. The van der Waals surface area contributed by atoms with Gasteiger partial charge in [-0.15, -0.1) is 11.3 Å². The molecule has 1 aromatic rings. The Bertz CT molecular complexity index is 340. The Labute approximate surface area is 108 Å². The fourth-order valence-corrected chi connectivity index (χ4v) is 3.35. The lowest BCUT2D eigenvalue weighted by molar-refractivity contribution is 0.184.